The summed E-state index contributed by atoms with van der Waals surface area (Å²) in [5, 5.41) is 36.2. The Labute approximate surface area is 301 Å². The number of piperazine rings is 1. The third-order valence-corrected chi connectivity index (χ3v) is 11.8. The highest BCUT2D eigenvalue weighted by atomic mass is 19.3. The molecule has 5 aromatic rings. The molecule has 3 saturated carbocycles. The second kappa shape index (κ2) is 12.5. The number of aliphatic hydroxyl groups is 2. The maximum absolute atomic E-state index is 16.6. The minimum absolute atomic E-state index is 0.114. The van der Waals surface area contributed by atoms with E-state index in [1.54, 1.807) is 13.8 Å². The fraction of sp³-hybridized carbons (Fsp3) is 0.432. The van der Waals surface area contributed by atoms with E-state index >= 15 is 8.78 Å². The molecular formula is C37H39F4N9O3. The molecule has 4 aliphatic rings. The zero-order chi connectivity index (χ0) is 37.3. The average Bonchev–Trinajstić information content (AvgIpc) is 3.76. The highest BCUT2D eigenvalue weighted by Crippen LogP contribution is 2.80. The molecule has 278 valence electrons. The lowest BCUT2D eigenvalue weighted by Gasteiger charge is -2.74. The lowest BCUT2D eigenvalue weighted by Crippen LogP contribution is -2.76. The highest BCUT2D eigenvalue weighted by molar-refractivity contribution is 5.55. The van der Waals surface area contributed by atoms with E-state index in [4.69, 9.17) is 0 Å². The van der Waals surface area contributed by atoms with Crippen LogP contribution in [0.3, 0.4) is 0 Å². The van der Waals surface area contributed by atoms with Gasteiger partial charge in [-0.15, -0.1) is 5.10 Å². The zero-order valence-corrected chi connectivity index (χ0v) is 29.2. The van der Waals surface area contributed by atoms with Crippen molar-refractivity contribution in [2.75, 3.05) is 36.0 Å². The van der Waals surface area contributed by atoms with Gasteiger partial charge in [-0.05, 0) is 103 Å². The maximum Gasteiger partial charge on any atom is 0.350 e. The molecular weight excluding hydrogens is 694 g/mol. The predicted molar refractivity (Wildman–Crippen MR) is 186 cm³/mol. The van der Waals surface area contributed by atoms with Gasteiger partial charge in [-0.3, -0.25) is 0 Å². The molecule has 9 rings (SSSR count). The van der Waals surface area contributed by atoms with Gasteiger partial charge in [-0.1, -0.05) is 12.1 Å². The number of rotatable bonds is 11. The van der Waals surface area contributed by atoms with Gasteiger partial charge in [-0.2, -0.15) is 5.10 Å². The standard InChI is InChI=1S/C37H39F4N9O3/c1-24(25(2)51)50-33(52)49(23-43-50)30-10-8-29(9-11-30)47-15-13-46(14-16-47)28-6-3-26(4-7-28)34-18-35(19-34,20-34)37(40,41)36(53,21-48-22-42-44-45-48)31-12-5-27(38)17-32(31)39/h3-12,17,22-25,51,53H,13-16,18-21H2,1-2H3/t24?,25?,34?,35?,36-/m0/s1. The Morgan fingerprint density at radius 1 is 0.849 bits per heavy atom. The Hall–Kier alpha value is -5.09. The van der Waals surface area contributed by atoms with Crippen molar-refractivity contribution in [3.63, 3.8) is 0 Å². The van der Waals surface area contributed by atoms with Gasteiger partial charge in [0.2, 0.25) is 0 Å². The van der Waals surface area contributed by atoms with Gasteiger partial charge in [0, 0.05) is 54.6 Å². The van der Waals surface area contributed by atoms with Crippen LogP contribution in [0.5, 0.6) is 0 Å². The van der Waals surface area contributed by atoms with E-state index in [-0.39, 0.29) is 25.0 Å². The molecule has 2 unspecified atom stereocenters. The summed E-state index contributed by atoms with van der Waals surface area (Å²) in [5.41, 5.74) is -2.40. The molecule has 16 heteroatoms. The number of hydrogen-bond donors (Lipinski definition) is 2. The summed E-state index contributed by atoms with van der Waals surface area (Å²) < 4.78 is 65.5. The average molecular weight is 734 g/mol. The first-order chi connectivity index (χ1) is 25.3. The van der Waals surface area contributed by atoms with Crippen molar-refractivity contribution < 1.29 is 27.8 Å². The Morgan fingerprint density at radius 3 is 1.98 bits per heavy atom. The molecule has 3 aliphatic carbocycles. The van der Waals surface area contributed by atoms with E-state index in [0.29, 0.717) is 11.8 Å². The van der Waals surface area contributed by atoms with Crippen LogP contribution < -0.4 is 15.5 Å². The lowest BCUT2D eigenvalue weighted by atomic mass is 9.30. The van der Waals surface area contributed by atoms with Gasteiger partial charge in [0.05, 0.1) is 24.4 Å². The summed E-state index contributed by atoms with van der Waals surface area (Å²) in [6.45, 7) is 5.63. The first-order valence-electron chi connectivity index (χ1n) is 17.6. The van der Waals surface area contributed by atoms with Crippen LogP contribution in [0.1, 0.15) is 50.3 Å². The van der Waals surface area contributed by atoms with Crippen LogP contribution in [-0.4, -0.2) is 83.0 Å². The second-order valence-electron chi connectivity index (χ2n) is 14.9. The number of anilines is 2. The van der Waals surface area contributed by atoms with Gasteiger partial charge in [0.1, 0.15) is 24.3 Å². The van der Waals surface area contributed by atoms with Gasteiger partial charge in [0.15, 0.2) is 5.60 Å². The Morgan fingerprint density at radius 2 is 1.43 bits per heavy atom. The summed E-state index contributed by atoms with van der Waals surface area (Å²) >= 11 is 0. The number of hydrogen-bond acceptors (Lipinski definition) is 9. The normalized spacial score (nSPS) is 23.5. The molecule has 3 atom stereocenters. The minimum Gasteiger partial charge on any atom is -0.391 e. The number of halogens is 4. The number of aromatic nitrogens is 7. The summed E-state index contributed by atoms with van der Waals surface area (Å²) in [5.74, 6) is -5.99. The molecule has 0 amide bonds. The fourth-order valence-corrected chi connectivity index (χ4v) is 8.58. The zero-order valence-electron chi connectivity index (χ0n) is 29.2. The lowest BCUT2D eigenvalue weighted by molar-refractivity contribution is -0.347. The fourth-order valence-electron chi connectivity index (χ4n) is 8.58. The monoisotopic (exact) mass is 733 g/mol. The van der Waals surface area contributed by atoms with E-state index in [1.807, 2.05) is 48.5 Å². The van der Waals surface area contributed by atoms with Crippen molar-refractivity contribution >= 4 is 11.4 Å². The van der Waals surface area contributed by atoms with E-state index in [1.165, 1.54) is 15.6 Å². The Bertz CT molecular complexity index is 2140. The third-order valence-electron chi connectivity index (χ3n) is 11.8. The Kier molecular flexibility index (Phi) is 8.25. The molecule has 53 heavy (non-hydrogen) atoms. The van der Waals surface area contributed by atoms with Crippen LogP contribution in [0.25, 0.3) is 5.69 Å². The SMILES string of the molecule is CC(O)C(C)n1ncn(-c2ccc(N3CCN(c4ccc(C56CC(C(F)(F)[C@](O)(Cn7cnnn7)c7ccc(F)cc7F)(C5)C6)cc4)CC3)cc2)c1=O. The molecule has 3 aromatic carbocycles. The van der Waals surface area contributed by atoms with Crippen LogP contribution in [-0.2, 0) is 17.6 Å². The van der Waals surface area contributed by atoms with Crippen LogP contribution in [0.15, 0.2) is 84.2 Å². The number of nitrogens with zero attached hydrogens (tertiary/aromatic N) is 9. The predicted octanol–water partition coefficient (Wildman–Crippen LogP) is 4.21. The Balaban J connectivity index is 0.907. The number of benzene rings is 3. The first kappa shape index (κ1) is 35.0. The largest absolute Gasteiger partial charge is 0.391 e. The van der Waals surface area contributed by atoms with E-state index in [0.717, 1.165) is 66.3 Å². The van der Waals surface area contributed by atoms with Crippen molar-refractivity contribution in [3.8, 4) is 5.69 Å². The molecule has 2 aromatic heterocycles. The van der Waals surface area contributed by atoms with Crippen LogP contribution >= 0.6 is 0 Å². The molecule has 0 spiro atoms. The topological polar surface area (TPSA) is 130 Å². The van der Waals surface area contributed by atoms with Gasteiger partial charge in [-0.25, -0.2) is 36.3 Å². The second-order valence-corrected chi connectivity index (χ2v) is 14.9. The third kappa shape index (κ3) is 5.52. The number of aliphatic hydroxyl groups excluding tert-OH is 1. The summed E-state index contributed by atoms with van der Waals surface area (Å²) in [4.78, 5) is 17.4. The summed E-state index contributed by atoms with van der Waals surface area (Å²) in [6, 6.07) is 17.5. The number of tetrazole rings is 1. The van der Waals surface area contributed by atoms with Crippen molar-refractivity contribution in [3.05, 3.63) is 113 Å². The van der Waals surface area contributed by atoms with E-state index in [2.05, 4.69) is 30.4 Å². The van der Waals surface area contributed by atoms with Gasteiger partial charge >= 0.3 is 5.69 Å². The molecule has 1 saturated heterocycles. The van der Waals surface area contributed by atoms with Crippen LogP contribution in [0.2, 0.25) is 0 Å². The molecule has 3 heterocycles. The molecule has 1 aliphatic heterocycles. The molecule has 0 radical (unpaired) electrons. The highest BCUT2D eigenvalue weighted by Gasteiger charge is 2.82. The van der Waals surface area contributed by atoms with Crippen molar-refractivity contribution in [1.82, 2.24) is 34.6 Å². The van der Waals surface area contributed by atoms with Crippen molar-refractivity contribution in [1.29, 1.82) is 0 Å². The maximum atomic E-state index is 16.6. The smallest absolute Gasteiger partial charge is 0.350 e. The number of alkyl halides is 2. The summed E-state index contributed by atoms with van der Waals surface area (Å²) in [7, 11) is 0. The van der Waals surface area contributed by atoms with Crippen LogP contribution in [0, 0.1) is 17.0 Å². The molecule has 4 fully saturated rings. The van der Waals surface area contributed by atoms with Crippen molar-refractivity contribution in [2.24, 2.45) is 5.41 Å². The van der Waals surface area contributed by atoms with E-state index < -0.39 is 58.2 Å². The summed E-state index contributed by atoms with van der Waals surface area (Å²) in [6.07, 6.45) is 2.15. The van der Waals surface area contributed by atoms with Gasteiger partial charge in [0.25, 0.3) is 5.92 Å². The first-order valence-corrected chi connectivity index (χ1v) is 17.6. The van der Waals surface area contributed by atoms with Crippen molar-refractivity contribution in [2.45, 2.75) is 68.7 Å². The molecule has 2 bridgehead atoms. The van der Waals surface area contributed by atoms with Gasteiger partial charge < -0.3 is 20.0 Å². The molecule has 2 N–H and O–H groups in total. The van der Waals surface area contributed by atoms with E-state index in [9.17, 15) is 23.8 Å². The quantitative estimate of drug-likeness (QED) is 0.192. The minimum atomic E-state index is -3.79. The van der Waals surface area contributed by atoms with Crippen LogP contribution in [0.4, 0.5) is 28.9 Å². The molecule has 12 nitrogen and oxygen atoms in total.